The van der Waals surface area contributed by atoms with Crippen LogP contribution in [0.1, 0.15) is 12.0 Å². The van der Waals surface area contributed by atoms with Crippen LogP contribution < -0.4 is 5.32 Å². The fourth-order valence-electron chi connectivity index (χ4n) is 3.06. The number of nitrogens with one attached hydrogen (secondary N) is 1. The van der Waals surface area contributed by atoms with Gasteiger partial charge in [0, 0.05) is 12.6 Å². The smallest absolute Gasteiger partial charge is 0.407 e. The second-order valence-electron chi connectivity index (χ2n) is 6.38. The van der Waals surface area contributed by atoms with Crippen molar-refractivity contribution in [2.45, 2.75) is 30.0 Å². The molecule has 28 heavy (non-hydrogen) atoms. The van der Waals surface area contributed by atoms with Crippen LogP contribution in [0.25, 0.3) is 0 Å². The predicted molar refractivity (Wildman–Crippen MR) is 99.9 cm³/mol. The zero-order chi connectivity index (χ0) is 20.1. The molecule has 1 aliphatic rings. The number of nitrogens with zero attached hydrogens (tertiary/aromatic N) is 1. The van der Waals surface area contributed by atoms with Crippen molar-refractivity contribution >= 4 is 22.1 Å². The Morgan fingerprint density at radius 3 is 2.29 bits per heavy atom. The number of rotatable bonds is 6. The van der Waals surface area contributed by atoms with Crippen molar-refractivity contribution in [2.24, 2.45) is 0 Å². The van der Waals surface area contributed by atoms with Gasteiger partial charge in [-0.3, -0.25) is 4.79 Å². The molecule has 0 radical (unpaired) electrons. The first-order chi connectivity index (χ1) is 13.4. The lowest BCUT2D eigenvalue weighted by atomic mass is 10.2. The molecule has 8 nitrogen and oxygen atoms in total. The largest absolute Gasteiger partial charge is 0.480 e. The highest BCUT2D eigenvalue weighted by atomic mass is 32.2. The zero-order valence-corrected chi connectivity index (χ0v) is 15.7. The zero-order valence-electron chi connectivity index (χ0n) is 14.9. The summed E-state index contributed by atoms with van der Waals surface area (Å²) in [6.45, 7) is -0.0809. The van der Waals surface area contributed by atoms with Crippen molar-refractivity contribution < 1.29 is 27.9 Å². The maximum Gasteiger partial charge on any atom is 0.407 e. The molecule has 0 bridgehead atoms. The summed E-state index contributed by atoms with van der Waals surface area (Å²) in [6, 6.07) is 14.8. The van der Waals surface area contributed by atoms with E-state index in [2.05, 4.69) is 5.32 Å². The number of ether oxygens (including phenoxy) is 1. The van der Waals surface area contributed by atoms with Gasteiger partial charge in [0.1, 0.15) is 12.6 Å². The molecule has 2 aromatic rings. The summed E-state index contributed by atoms with van der Waals surface area (Å²) in [4.78, 5) is 23.6. The first kappa shape index (κ1) is 19.8. The maximum atomic E-state index is 12.8. The minimum absolute atomic E-state index is 0.00792. The third kappa shape index (κ3) is 4.49. The van der Waals surface area contributed by atoms with Gasteiger partial charge in [-0.25, -0.2) is 13.2 Å². The number of carbonyl (C=O) groups is 2. The van der Waals surface area contributed by atoms with Gasteiger partial charge in [0.25, 0.3) is 0 Å². The van der Waals surface area contributed by atoms with Gasteiger partial charge < -0.3 is 15.2 Å². The van der Waals surface area contributed by atoms with Crippen LogP contribution in [0, 0.1) is 0 Å². The molecule has 1 amide bonds. The summed E-state index contributed by atoms with van der Waals surface area (Å²) >= 11 is 0. The molecule has 0 saturated carbocycles. The monoisotopic (exact) mass is 404 g/mol. The number of alkyl carbamates (subject to hydrolysis) is 1. The van der Waals surface area contributed by atoms with E-state index in [-0.39, 0.29) is 24.5 Å². The molecule has 1 heterocycles. The third-order valence-electron chi connectivity index (χ3n) is 4.43. The molecule has 2 N–H and O–H groups in total. The van der Waals surface area contributed by atoms with E-state index in [0.717, 1.165) is 9.87 Å². The molecule has 2 aromatic carbocycles. The predicted octanol–water partition coefficient (Wildman–Crippen LogP) is 1.83. The first-order valence-corrected chi connectivity index (χ1v) is 10.1. The van der Waals surface area contributed by atoms with Gasteiger partial charge in [-0.05, 0) is 24.1 Å². The standard InChI is InChI=1S/C19H20N2O6S/c22-18(23)17-11-15(20-19(24)27-13-14-7-3-1-4-8-14)12-21(17)28(25,26)16-9-5-2-6-10-16/h1-10,15,17H,11-13H2,(H,20,24)(H,22,23)/t15-,17+/m1/s1. The number of sulfonamides is 1. The number of hydrogen-bond acceptors (Lipinski definition) is 5. The Balaban J connectivity index is 1.66. The molecule has 2 atom stereocenters. The van der Waals surface area contributed by atoms with E-state index in [4.69, 9.17) is 4.74 Å². The number of aliphatic carboxylic acids is 1. The van der Waals surface area contributed by atoms with Crippen LogP contribution in [-0.4, -0.2) is 48.5 Å². The molecular weight excluding hydrogens is 384 g/mol. The quantitative estimate of drug-likeness (QED) is 0.759. The molecule has 0 unspecified atom stereocenters. The van der Waals surface area contributed by atoms with Crippen molar-refractivity contribution in [3.8, 4) is 0 Å². The molecule has 9 heteroatoms. The number of benzene rings is 2. The second-order valence-corrected chi connectivity index (χ2v) is 8.27. The highest BCUT2D eigenvalue weighted by molar-refractivity contribution is 7.89. The summed E-state index contributed by atoms with van der Waals surface area (Å²) in [5.74, 6) is -1.26. The minimum Gasteiger partial charge on any atom is -0.480 e. The average molecular weight is 404 g/mol. The number of amides is 1. The summed E-state index contributed by atoms with van der Waals surface area (Å²) in [5.41, 5.74) is 0.806. The number of carboxylic acid groups (broad SMARTS) is 1. The van der Waals surface area contributed by atoms with Crippen molar-refractivity contribution in [3.63, 3.8) is 0 Å². The molecule has 1 fully saturated rings. The van der Waals surface area contributed by atoms with E-state index < -0.39 is 34.2 Å². The van der Waals surface area contributed by atoms with E-state index in [9.17, 15) is 23.1 Å². The molecule has 1 saturated heterocycles. The lowest BCUT2D eigenvalue weighted by Gasteiger charge is -2.20. The van der Waals surface area contributed by atoms with Gasteiger partial charge in [-0.2, -0.15) is 4.31 Å². The third-order valence-corrected chi connectivity index (χ3v) is 6.31. The molecule has 3 rings (SSSR count). The van der Waals surface area contributed by atoms with Crippen molar-refractivity contribution in [3.05, 3.63) is 66.2 Å². The SMILES string of the molecule is O=C(N[C@@H]1C[C@@H](C(=O)O)N(S(=O)(=O)c2ccccc2)C1)OCc1ccccc1. The minimum atomic E-state index is -4.00. The highest BCUT2D eigenvalue weighted by Crippen LogP contribution is 2.26. The number of carbonyl (C=O) groups excluding carboxylic acids is 1. The van der Waals surface area contributed by atoms with Crippen LogP contribution in [0.4, 0.5) is 4.79 Å². The molecular formula is C19H20N2O6S. The lowest BCUT2D eigenvalue weighted by molar-refractivity contribution is -0.140. The summed E-state index contributed by atoms with van der Waals surface area (Å²) < 4.78 is 31.7. The van der Waals surface area contributed by atoms with E-state index in [1.54, 1.807) is 30.3 Å². The van der Waals surface area contributed by atoms with E-state index >= 15 is 0 Å². The van der Waals surface area contributed by atoms with Crippen molar-refractivity contribution in [1.29, 1.82) is 0 Å². The topological polar surface area (TPSA) is 113 Å². The maximum absolute atomic E-state index is 12.8. The summed E-state index contributed by atoms with van der Waals surface area (Å²) in [5, 5.41) is 12.0. The van der Waals surface area contributed by atoms with Crippen LogP contribution in [0.2, 0.25) is 0 Å². The van der Waals surface area contributed by atoms with Gasteiger partial charge in [0.05, 0.1) is 4.90 Å². The fraction of sp³-hybridized carbons (Fsp3) is 0.263. The Morgan fingerprint density at radius 1 is 1.07 bits per heavy atom. The van der Waals surface area contributed by atoms with Gasteiger partial charge in [0.2, 0.25) is 10.0 Å². The van der Waals surface area contributed by atoms with Gasteiger partial charge in [-0.1, -0.05) is 48.5 Å². The Labute approximate surface area is 162 Å². The van der Waals surface area contributed by atoms with Crippen molar-refractivity contribution in [1.82, 2.24) is 9.62 Å². The van der Waals surface area contributed by atoms with E-state index in [1.807, 2.05) is 18.2 Å². The van der Waals surface area contributed by atoms with Crippen LogP contribution in [0.15, 0.2) is 65.6 Å². The fourth-order valence-corrected chi connectivity index (χ4v) is 4.72. The van der Waals surface area contributed by atoms with Crippen LogP contribution in [-0.2, 0) is 26.2 Å². The van der Waals surface area contributed by atoms with Gasteiger partial charge in [0.15, 0.2) is 0 Å². The van der Waals surface area contributed by atoms with Crippen molar-refractivity contribution in [2.75, 3.05) is 6.54 Å². The second kappa shape index (κ2) is 8.41. The Morgan fingerprint density at radius 2 is 1.68 bits per heavy atom. The van der Waals surface area contributed by atoms with Crippen LogP contribution >= 0.6 is 0 Å². The normalized spacial score (nSPS) is 19.9. The van der Waals surface area contributed by atoms with Crippen LogP contribution in [0.3, 0.4) is 0 Å². The van der Waals surface area contributed by atoms with E-state index in [0.29, 0.717) is 0 Å². The Hall–Kier alpha value is -2.91. The molecule has 148 valence electrons. The number of hydrogen-bond donors (Lipinski definition) is 2. The summed E-state index contributed by atoms with van der Waals surface area (Å²) in [6.07, 6.45) is -0.765. The van der Waals surface area contributed by atoms with E-state index in [1.165, 1.54) is 12.1 Å². The number of carboxylic acids is 1. The highest BCUT2D eigenvalue weighted by Gasteiger charge is 2.44. The Kier molecular flexibility index (Phi) is 5.96. The van der Waals surface area contributed by atoms with Gasteiger partial charge >= 0.3 is 12.1 Å². The average Bonchev–Trinajstić information content (AvgIpc) is 3.13. The molecule has 0 aromatic heterocycles. The molecule has 0 spiro atoms. The lowest BCUT2D eigenvalue weighted by Crippen LogP contribution is -2.41. The molecule has 0 aliphatic carbocycles. The van der Waals surface area contributed by atoms with Gasteiger partial charge in [-0.15, -0.1) is 0 Å². The summed E-state index contributed by atoms with van der Waals surface area (Å²) in [7, 11) is -4.00. The molecule has 1 aliphatic heterocycles. The van der Waals surface area contributed by atoms with Crippen LogP contribution in [0.5, 0.6) is 0 Å². The Bertz CT molecular complexity index is 933. The first-order valence-electron chi connectivity index (χ1n) is 8.65.